The molecule has 3 unspecified atom stereocenters. The van der Waals surface area contributed by atoms with E-state index in [9.17, 15) is 5.11 Å². The van der Waals surface area contributed by atoms with E-state index in [-0.39, 0.29) is 11.7 Å². The lowest BCUT2D eigenvalue weighted by molar-refractivity contribution is -0.0194. The minimum atomic E-state index is -0.466. The van der Waals surface area contributed by atoms with Crippen molar-refractivity contribution in [2.24, 2.45) is 0 Å². The topological polar surface area (TPSA) is 60.0 Å². The molecule has 2 fully saturated rings. The van der Waals surface area contributed by atoms with Crippen molar-refractivity contribution in [3.63, 3.8) is 0 Å². The summed E-state index contributed by atoms with van der Waals surface area (Å²) in [4.78, 5) is 0. The number of aliphatic hydroxyl groups is 1. The molecule has 0 spiro atoms. The van der Waals surface area contributed by atoms with Gasteiger partial charge < -0.3 is 24.6 Å². The largest absolute Gasteiger partial charge is 0.389 e. The fraction of sp³-hybridized carbons (Fsp3) is 1.00. The number of hydrogen-bond acceptors (Lipinski definition) is 5. The quantitative estimate of drug-likeness (QED) is 0.682. The smallest absolute Gasteiger partial charge is 0.0897 e. The minimum Gasteiger partial charge on any atom is -0.389 e. The maximum Gasteiger partial charge on any atom is 0.0897 e. The van der Waals surface area contributed by atoms with Crippen molar-refractivity contribution < 1.29 is 19.3 Å². The van der Waals surface area contributed by atoms with Crippen LogP contribution < -0.4 is 5.32 Å². The lowest BCUT2D eigenvalue weighted by Gasteiger charge is -2.24. The first-order valence-electron chi connectivity index (χ1n) is 7.40. The Labute approximate surface area is 115 Å². The van der Waals surface area contributed by atoms with E-state index < -0.39 is 6.10 Å². The molecule has 3 atom stereocenters. The lowest BCUT2D eigenvalue weighted by atomic mass is 10.0. The average Bonchev–Trinajstić information content (AvgIpc) is 3.01. The number of aliphatic hydroxyl groups excluding tert-OH is 1. The molecule has 2 aliphatic heterocycles. The number of ether oxygens (including phenoxy) is 3. The van der Waals surface area contributed by atoms with E-state index in [1.54, 1.807) is 0 Å². The van der Waals surface area contributed by atoms with Gasteiger partial charge in [0.15, 0.2) is 0 Å². The second-order valence-corrected chi connectivity index (χ2v) is 5.86. The van der Waals surface area contributed by atoms with Crippen molar-refractivity contribution in [2.45, 2.75) is 50.4 Å². The van der Waals surface area contributed by atoms with E-state index in [1.807, 2.05) is 0 Å². The van der Waals surface area contributed by atoms with Gasteiger partial charge in [-0.05, 0) is 32.6 Å². The summed E-state index contributed by atoms with van der Waals surface area (Å²) in [5, 5.41) is 13.1. The van der Waals surface area contributed by atoms with E-state index in [0.29, 0.717) is 19.8 Å². The summed E-state index contributed by atoms with van der Waals surface area (Å²) in [6, 6.07) is 0. The fourth-order valence-electron chi connectivity index (χ4n) is 2.65. The predicted molar refractivity (Wildman–Crippen MR) is 72.3 cm³/mol. The first kappa shape index (κ1) is 15.2. The average molecular weight is 273 g/mol. The van der Waals surface area contributed by atoms with Gasteiger partial charge in [-0.3, -0.25) is 0 Å². The molecule has 19 heavy (non-hydrogen) atoms. The molecule has 5 nitrogen and oxygen atoms in total. The van der Waals surface area contributed by atoms with Crippen LogP contribution in [-0.4, -0.2) is 62.4 Å². The van der Waals surface area contributed by atoms with E-state index in [1.165, 1.54) is 0 Å². The monoisotopic (exact) mass is 273 g/mol. The van der Waals surface area contributed by atoms with Crippen LogP contribution in [0.5, 0.6) is 0 Å². The molecule has 112 valence electrons. The third-order valence-corrected chi connectivity index (χ3v) is 3.82. The second-order valence-electron chi connectivity index (χ2n) is 5.86. The van der Waals surface area contributed by atoms with Gasteiger partial charge in [0.2, 0.25) is 0 Å². The van der Waals surface area contributed by atoms with E-state index >= 15 is 0 Å². The zero-order chi connectivity index (χ0) is 13.6. The van der Waals surface area contributed by atoms with Gasteiger partial charge in [0, 0.05) is 26.3 Å². The standard InChI is InChI=1S/C14H27NO4/c1-14(5-3-7-19-14)11-15-8-12(16)9-17-10-13-4-2-6-18-13/h12-13,15-16H,2-11H2,1H3. The highest BCUT2D eigenvalue weighted by atomic mass is 16.5. The maximum atomic E-state index is 9.81. The van der Waals surface area contributed by atoms with Gasteiger partial charge in [-0.2, -0.15) is 0 Å². The van der Waals surface area contributed by atoms with E-state index in [2.05, 4.69) is 12.2 Å². The summed E-state index contributed by atoms with van der Waals surface area (Å²) in [5.74, 6) is 0. The van der Waals surface area contributed by atoms with Crippen LogP contribution in [-0.2, 0) is 14.2 Å². The Balaban J connectivity index is 1.48. The number of hydrogen-bond donors (Lipinski definition) is 2. The van der Waals surface area contributed by atoms with Crippen LogP contribution in [0.25, 0.3) is 0 Å². The van der Waals surface area contributed by atoms with Gasteiger partial charge in [0.1, 0.15) is 0 Å². The highest BCUT2D eigenvalue weighted by Crippen LogP contribution is 2.23. The Hall–Kier alpha value is -0.200. The molecule has 0 aliphatic carbocycles. The molecule has 0 saturated carbocycles. The first-order valence-corrected chi connectivity index (χ1v) is 7.40. The van der Waals surface area contributed by atoms with Crippen LogP contribution in [0.15, 0.2) is 0 Å². The molecule has 2 N–H and O–H groups in total. The Morgan fingerprint density at radius 2 is 2.32 bits per heavy atom. The second kappa shape index (κ2) is 7.55. The van der Waals surface area contributed by atoms with Gasteiger partial charge in [-0.25, -0.2) is 0 Å². The zero-order valence-electron chi connectivity index (χ0n) is 11.9. The predicted octanol–water partition coefficient (Wildman–Crippen LogP) is 0.702. The number of rotatable bonds is 8. The van der Waals surface area contributed by atoms with Crippen LogP contribution in [0, 0.1) is 0 Å². The maximum absolute atomic E-state index is 9.81. The lowest BCUT2D eigenvalue weighted by Crippen LogP contribution is -2.41. The Morgan fingerprint density at radius 3 is 3.00 bits per heavy atom. The van der Waals surface area contributed by atoms with Crippen molar-refractivity contribution in [3.05, 3.63) is 0 Å². The number of nitrogens with one attached hydrogen (secondary N) is 1. The molecule has 2 rings (SSSR count). The van der Waals surface area contributed by atoms with Crippen LogP contribution in [0.2, 0.25) is 0 Å². The van der Waals surface area contributed by atoms with Crippen LogP contribution in [0.4, 0.5) is 0 Å². The third kappa shape index (κ3) is 5.36. The Kier molecular flexibility index (Phi) is 6.04. The summed E-state index contributed by atoms with van der Waals surface area (Å²) in [5.41, 5.74) is -0.0573. The van der Waals surface area contributed by atoms with Gasteiger partial charge >= 0.3 is 0 Å². The molecule has 5 heteroatoms. The molecule has 0 amide bonds. The summed E-state index contributed by atoms with van der Waals surface area (Å²) >= 11 is 0. The SMILES string of the molecule is CC1(CNCC(O)COCC2CCCO2)CCCO1. The molecule has 0 bridgehead atoms. The van der Waals surface area contributed by atoms with Crippen LogP contribution >= 0.6 is 0 Å². The molecule has 0 aromatic rings. The van der Waals surface area contributed by atoms with Gasteiger partial charge in [-0.15, -0.1) is 0 Å². The van der Waals surface area contributed by atoms with Crippen molar-refractivity contribution in [3.8, 4) is 0 Å². The van der Waals surface area contributed by atoms with Crippen molar-refractivity contribution >= 4 is 0 Å². The molecule has 0 aromatic heterocycles. The molecular formula is C14H27NO4. The Bertz CT molecular complexity index is 250. The minimum absolute atomic E-state index is 0.0573. The molecule has 2 heterocycles. The van der Waals surface area contributed by atoms with Crippen molar-refractivity contribution in [1.82, 2.24) is 5.32 Å². The third-order valence-electron chi connectivity index (χ3n) is 3.82. The van der Waals surface area contributed by atoms with Gasteiger partial charge in [0.05, 0.1) is 31.0 Å². The van der Waals surface area contributed by atoms with Gasteiger partial charge in [0.25, 0.3) is 0 Å². The molecule has 0 radical (unpaired) electrons. The first-order chi connectivity index (χ1) is 9.18. The van der Waals surface area contributed by atoms with Crippen LogP contribution in [0.1, 0.15) is 32.6 Å². The van der Waals surface area contributed by atoms with Crippen LogP contribution in [0.3, 0.4) is 0 Å². The highest BCUT2D eigenvalue weighted by Gasteiger charge is 2.29. The summed E-state index contributed by atoms with van der Waals surface area (Å²) in [7, 11) is 0. The molecule has 2 saturated heterocycles. The van der Waals surface area contributed by atoms with Gasteiger partial charge in [-0.1, -0.05) is 0 Å². The normalized spacial score (nSPS) is 32.8. The van der Waals surface area contributed by atoms with E-state index in [0.717, 1.165) is 45.4 Å². The summed E-state index contributed by atoms with van der Waals surface area (Å²) < 4.78 is 16.6. The molecule has 2 aliphatic rings. The molecule has 0 aromatic carbocycles. The highest BCUT2D eigenvalue weighted by molar-refractivity contribution is 4.82. The molecular weight excluding hydrogens is 246 g/mol. The fourth-order valence-corrected chi connectivity index (χ4v) is 2.65. The van der Waals surface area contributed by atoms with E-state index in [4.69, 9.17) is 14.2 Å². The van der Waals surface area contributed by atoms with Crippen molar-refractivity contribution in [2.75, 3.05) is 39.5 Å². The Morgan fingerprint density at radius 1 is 1.42 bits per heavy atom. The van der Waals surface area contributed by atoms with Crippen molar-refractivity contribution in [1.29, 1.82) is 0 Å². The zero-order valence-corrected chi connectivity index (χ0v) is 11.9. The summed E-state index contributed by atoms with van der Waals surface area (Å²) in [6.07, 6.45) is 4.18. The summed E-state index contributed by atoms with van der Waals surface area (Å²) in [6.45, 7) is 6.11.